The van der Waals surface area contributed by atoms with Gasteiger partial charge in [-0.25, -0.2) is 0 Å². The van der Waals surface area contributed by atoms with Gasteiger partial charge < -0.3 is 14.8 Å². The van der Waals surface area contributed by atoms with Crippen LogP contribution in [-0.4, -0.2) is 26.0 Å². The molecule has 4 rings (SSSR count). The van der Waals surface area contributed by atoms with Gasteiger partial charge >= 0.3 is 5.97 Å². The number of carboxylic acid groups (broad SMARTS) is 1. The van der Waals surface area contributed by atoms with Crippen molar-refractivity contribution in [3.63, 3.8) is 0 Å². The van der Waals surface area contributed by atoms with Gasteiger partial charge in [-0.05, 0) is 54.1 Å². The van der Waals surface area contributed by atoms with Crippen LogP contribution in [0, 0.1) is 18.8 Å². The highest BCUT2D eigenvalue weighted by Gasteiger charge is 2.20. The highest BCUT2D eigenvalue weighted by molar-refractivity contribution is 5.83. The summed E-state index contributed by atoms with van der Waals surface area (Å²) < 4.78 is 6.45. The van der Waals surface area contributed by atoms with E-state index in [2.05, 4.69) is 51.9 Å². The van der Waals surface area contributed by atoms with Gasteiger partial charge in [0.1, 0.15) is 11.9 Å². The number of aromatic nitrogens is 3. The fourth-order valence-electron chi connectivity index (χ4n) is 4.03. The number of hydrogen-bond donors (Lipinski definition) is 2. The molecular weight excluding hydrogens is 414 g/mol. The van der Waals surface area contributed by atoms with Gasteiger partial charge in [0.15, 0.2) is 0 Å². The minimum atomic E-state index is -0.873. The maximum absolute atomic E-state index is 11.2. The number of benzene rings is 2. The van der Waals surface area contributed by atoms with Gasteiger partial charge in [0.2, 0.25) is 0 Å². The molecule has 0 amide bonds. The van der Waals surface area contributed by atoms with Crippen molar-refractivity contribution in [3.05, 3.63) is 89.6 Å². The molecular formula is C27H25N3O3. The summed E-state index contributed by atoms with van der Waals surface area (Å²) in [6.07, 6.45) is 7.27. The van der Waals surface area contributed by atoms with Crippen molar-refractivity contribution < 1.29 is 14.6 Å². The number of carbonyl (C=O) groups is 1. The lowest BCUT2D eigenvalue weighted by Crippen LogP contribution is -2.14. The molecule has 2 heterocycles. The molecule has 6 nitrogen and oxygen atoms in total. The molecule has 4 aromatic rings. The predicted octanol–water partition coefficient (Wildman–Crippen LogP) is 5.21. The zero-order chi connectivity index (χ0) is 23.2. The molecule has 33 heavy (non-hydrogen) atoms. The number of H-pyrrole nitrogens is 1. The third-order valence-electron chi connectivity index (χ3n) is 5.65. The quantitative estimate of drug-likeness (QED) is 0.368. The number of aryl methyl sites for hydroxylation is 1. The van der Waals surface area contributed by atoms with E-state index < -0.39 is 5.97 Å². The van der Waals surface area contributed by atoms with Gasteiger partial charge in [-0.15, -0.1) is 5.92 Å². The number of carboxylic acids is 1. The topological polar surface area (TPSA) is 88.1 Å². The molecule has 0 aliphatic rings. The molecule has 2 unspecified atom stereocenters. The Hall–Kier alpha value is -4.11. The number of hydrogen-bond acceptors (Lipinski definition) is 4. The minimum Gasteiger partial charge on any atom is -0.485 e. The van der Waals surface area contributed by atoms with Crippen LogP contribution in [0.5, 0.6) is 5.75 Å². The summed E-state index contributed by atoms with van der Waals surface area (Å²) in [5.74, 6) is 5.27. The lowest BCUT2D eigenvalue weighted by molar-refractivity contribution is -0.137. The number of ether oxygens (including phenoxy) is 1. The molecule has 2 atom stereocenters. The normalized spacial score (nSPS) is 12.5. The van der Waals surface area contributed by atoms with Gasteiger partial charge in [0.05, 0.1) is 18.0 Å². The molecule has 2 N–H and O–H groups in total. The summed E-state index contributed by atoms with van der Waals surface area (Å²) in [5.41, 5.74) is 4.98. The largest absolute Gasteiger partial charge is 0.485 e. The van der Waals surface area contributed by atoms with Crippen molar-refractivity contribution in [1.82, 2.24) is 15.0 Å². The van der Waals surface area contributed by atoms with E-state index >= 15 is 0 Å². The van der Waals surface area contributed by atoms with Crippen molar-refractivity contribution >= 4 is 16.9 Å². The molecule has 2 aromatic heterocycles. The van der Waals surface area contributed by atoms with Gasteiger partial charge in [-0.3, -0.25) is 14.8 Å². The Bertz CT molecular complexity index is 1300. The van der Waals surface area contributed by atoms with Crippen LogP contribution in [0.2, 0.25) is 0 Å². The standard InChI is InChI=1S/C27H25N3O3/c1-3-4-21(15-26(31)32)19-5-8-23(9-6-19)33-25(16-22-17-28-13-14-29-22)24-10-7-20-11-12-30-27(20)18(24)2/h5-14,17,21,25,30H,15-16H2,1-2H3,(H,31,32). The number of nitrogens with zero attached hydrogens (tertiary/aromatic N) is 2. The SMILES string of the molecule is CC#CC(CC(=O)O)c1ccc(OC(Cc2cnccn2)c2ccc3cc[nH]c3c2C)cc1. The Labute approximate surface area is 192 Å². The third-order valence-corrected chi connectivity index (χ3v) is 5.65. The second-order valence-corrected chi connectivity index (χ2v) is 7.84. The molecule has 0 fully saturated rings. The molecule has 2 aromatic carbocycles. The van der Waals surface area contributed by atoms with E-state index in [1.54, 1.807) is 25.5 Å². The molecule has 0 aliphatic heterocycles. The third kappa shape index (κ3) is 5.21. The summed E-state index contributed by atoms with van der Waals surface area (Å²) in [5, 5.41) is 10.3. The first-order valence-electron chi connectivity index (χ1n) is 10.8. The molecule has 0 radical (unpaired) electrons. The van der Waals surface area contributed by atoms with Gasteiger partial charge in [0, 0.05) is 36.7 Å². The van der Waals surface area contributed by atoms with E-state index in [0.29, 0.717) is 12.2 Å². The second-order valence-electron chi connectivity index (χ2n) is 7.84. The average molecular weight is 440 g/mol. The average Bonchev–Trinajstić information content (AvgIpc) is 3.30. The first-order chi connectivity index (χ1) is 16.0. The van der Waals surface area contributed by atoms with Crippen LogP contribution in [-0.2, 0) is 11.2 Å². The number of aliphatic carboxylic acids is 1. The maximum Gasteiger partial charge on any atom is 0.304 e. The van der Waals surface area contributed by atoms with E-state index in [9.17, 15) is 9.90 Å². The van der Waals surface area contributed by atoms with Gasteiger partial charge in [-0.1, -0.05) is 30.2 Å². The summed E-state index contributed by atoms with van der Waals surface area (Å²) in [4.78, 5) is 23.1. The summed E-state index contributed by atoms with van der Waals surface area (Å²) in [7, 11) is 0. The Morgan fingerprint density at radius 1 is 1.15 bits per heavy atom. The summed E-state index contributed by atoms with van der Waals surface area (Å²) >= 11 is 0. The second kappa shape index (κ2) is 10.0. The van der Waals surface area contributed by atoms with E-state index in [1.807, 2.05) is 30.5 Å². The van der Waals surface area contributed by atoms with Crippen molar-refractivity contribution in [2.75, 3.05) is 0 Å². The van der Waals surface area contributed by atoms with Crippen molar-refractivity contribution in [2.24, 2.45) is 0 Å². The monoisotopic (exact) mass is 439 g/mol. The van der Waals surface area contributed by atoms with Crippen LogP contribution in [0.1, 0.15) is 47.8 Å². The van der Waals surface area contributed by atoms with Crippen LogP contribution in [0.4, 0.5) is 0 Å². The van der Waals surface area contributed by atoms with Crippen LogP contribution < -0.4 is 4.74 Å². The first kappa shape index (κ1) is 22.1. The van der Waals surface area contributed by atoms with E-state index in [4.69, 9.17) is 4.74 Å². The van der Waals surface area contributed by atoms with Crippen LogP contribution >= 0.6 is 0 Å². The van der Waals surface area contributed by atoms with Crippen LogP contribution in [0.3, 0.4) is 0 Å². The summed E-state index contributed by atoms with van der Waals surface area (Å²) in [6.45, 7) is 3.80. The Kier molecular flexibility index (Phi) is 6.70. The molecule has 0 bridgehead atoms. The van der Waals surface area contributed by atoms with Gasteiger partial charge in [-0.2, -0.15) is 0 Å². The van der Waals surface area contributed by atoms with Crippen molar-refractivity contribution in [3.8, 4) is 17.6 Å². The Morgan fingerprint density at radius 3 is 2.67 bits per heavy atom. The number of aromatic amines is 1. The number of nitrogens with one attached hydrogen (secondary N) is 1. The van der Waals surface area contributed by atoms with Gasteiger partial charge in [0.25, 0.3) is 0 Å². The molecule has 0 saturated carbocycles. The lowest BCUT2D eigenvalue weighted by Gasteiger charge is -2.22. The smallest absolute Gasteiger partial charge is 0.304 e. The minimum absolute atomic E-state index is 0.0360. The highest BCUT2D eigenvalue weighted by Crippen LogP contribution is 2.31. The first-order valence-corrected chi connectivity index (χ1v) is 10.8. The maximum atomic E-state index is 11.2. The number of fused-ring (bicyclic) bond motifs is 1. The molecule has 0 spiro atoms. The van der Waals surface area contributed by atoms with Crippen LogP contribution in [0.15, 0.2) is 67.3 Å². The van der Waals surface area contributed by atoms with Crippen molar-refractivity contribution in [2.45, 2.75) is 38.7 Å². The van der Waals surface area contributed by atoms with E-state index in [0.717, 1.165) is 33.3 Å². The van der Waals surface area contributed by atoms with Crippen LogP contribution in [0.25, 0.3) is 10.9 Å². The predicted molar refractivity (Wildman–Crippen MR) is 127 cm³/mol. The Morgan fingerprint density at radius 2 is 1.97 bits per heavy atom. The number of rotatable bonds is 8. The zero-order valence-corrected chi connectivity index (χ0v) is 18.6. The van der Waals surface area contributed by atoms with E-state index in [1.165, 1.54) is 0 Å². The van der Waals surface area contributed by atoms with Crippen molar-refractivity contribution in [1.29, 1.82) is 0 Å². The Balaban J connectivity index is 1.64. The zero-order valence-electron chi connectivity index (χ0n) is 18.6. The molecule has 166 valence electrons. The highest BCUT2D eigenvalue weighted by atomic mass is 16.5. The fraction of sp³-hybridized carbons (Fsp3) is 0.222. The molecule has 6 heteroatoms. The summed E-state index contributed by atoms with van der Waals surface area (Å²) in [6, 6.07) is 13.7. The lowest BCUT2D eigenvalue weighted by atomic mass is 9.96. The fourth-order valence-corrected chi connectivity index (χ4v) is 4.03. The molecule has 0 aliphatic carbocycles. The molecule has 0 saturated heterocycles. The van der Waals surface area contributed by atoms with E-state index in [-0.39, 0.29) is 18.4 Å².